The molecular weight excluding hydrogens is 425 g/mol. The van der Waals surface area contributed by atoms with Crippen LogP contribution in [0.1, 0.15) is 26.7 Å². The zero-order chi connectivity index (χ0) is 23.6. The summed E-state index contributed by atoms with van der Waals surface area (Å²) in [6.07, 6.45) is 1.72. The van der Waals surface area contributed by atoms with E-state index >= 15 is 0 Å². The first-order chi connectivity index (χ1) is 15.7. The van der Waals surface area contributed by atoms with Gasteiger partial charge in [-0.05, 0) is 49.1 Å². The van der Waals surface area contributed by atoms with Crippen molar-refractivity contribution in [3.63, 3.8) is 0 Å². The smallest absolute Gasteiger partial charge is 0.275 e. The van der Waals surface area contributed by atoms with Crippen LogP contribution in [-0.4, -0.2) is 50.5 Å². The number of piperidine rings is 1. The first-order valence-electron chi connectivity index (χ1n) is 11.1. The highest BCUT2D eigenvalue weighted by molar-refractivity contribution is 5.81. The summed E-state index contributed by atoms with van der Waals surface area (Å²) in [7, 11) is 0. The van der Waals surface area contributed by atoms with Gasteiger partial charge in [0.25, 0.3) is 5.56 Å². The Kier molecular flexibility index (Phi) is 6.47. The second-order valence-corrected chi connectivity index (χ2v) is 9.05. The zero-order valence-electron chi connectivity index (χ0n) is 18.8. The number of likely N-dealkylation sites (tertiary alicyclic amines) is 1. The molecule has 2 heterocycles. The van der Waals surface area contributed by atoms with E-state index in [-0.39, 0.29) is 36.3 Å². The number of hydrogen-bond donors (Lipinski definition) is 1. The van der Waals surface area contributed by atoms with E-state index in [1.54, 1.807) is 29.3 Å². The summed E-state index contributed by atoms with van der Waals surface area (Å²) in [6, 6.07) is 12.7. The van der Waals surface area contributed by atoms with E-state index in [4.69, 9.17) is 4.74 Å². The van der Waals surface area contributed by atoms with Crippen molar-refractivity contribution in [3.8, 4) is 5.75 Å². The van der Waals surface area contributed by atoms with Crippen molar-refractivity contribution in [3.05, 3.63) is 70.9 Å². The minimum atomic E-state index is -1.13. The Labute approximate surface area is 191 Å². The lowest BCUT2D eigenvalue weighted by molar-refractivity contribution is -0.149. The fourth-order valence-corrected chi connectivity index (χ4v) is 4.41. The van der Waals surface area contributed by atoms with Crippen molar-refractivity contribution in [1.29, 1.82) is 0 Å². The van der Waals surface area contributed by atoms with Crippen LogP contribution in [0.3, 0.4) is 0 Å². The predicted molar refractivity (Wildman–Crippen MR) is 122 cm³/mol. The average molecular weight is 454 g/mol. The molecule has 1 N–H and O–H groups in total. The van der Waals surface area contributed by atoms with Gasteiger partial charge in [-0.2, -0.15) is 5.10 Å². The number of amides is 1. The van der Waals surface area contributed by atoms with Crippen LogP contribution in [0.5, 0.6) is 5.75 Å². The molecule has 1 aliphatic heterocycles. The van der Waals surface area contributed by atoms with Gasteiger partial charge in [0.15, 0.2) is 0 Å². The summed E-state index contributed by atoms with van der Waals surface area (Å²) in [5.41, 5.74) is -1.45. The topological polar surface area (TPSA) is 84.7 Å². The van der Waals surface area contributed by atoms with Crippen LogP contribution in [0.2, 0.25) is 0 Å². The lowest BCUT2D eigenvalue weighted by atomic mass is 9.81. The van der Waals surface area contributed by atoms with Crippen molar-refractivity contribution >= 4 is 16.7 Å². The second-order valence-electron chi connectivity index (χ2n) is 9.05. The van der Waals surface area contributed by atoms with Gasteiger partial charge in [-0.1, -0.05) is 32.0 Å². The number of benzene rings is 2. The molecule has 1 amide bonds. The number of fused-ring (bicyclic) bond motifs is 1. The fraction of sp³-hybridized carbons (Fsp3) is 0.400. The molecule has 1 saturated heterocycles. The molecule has 0 radical (unpaired) electrons. The van der Waals surface area contributed by atoms with Crippen LogP contribution in [0, 0.1) is 11.7 Å². The molecule has 0 aliphatic carbocycles. The summed E-state index contributed by atoms with van der Waals surface area (Å²) >= 11 is 0. The maximum atomic E-state index is 13.3. The molecule has 0 unspecified atom stereocenters. The summed E-state index contributed by atoms with van der Waals surface area (Å²) in [5.74, 6) is -0.0185. The largest absolute Gasteiger partial charge is 0.486 e. The molecule has 174 valence electrons. The fourth-order valence-electron chi connectivity index (χ4n) is 4.41. The van der Waals surface area contributed by atoms with Gasteiger partial charge in [0, 0.05) is 11.9 Å². The van der Waals surface area contributed by atoms with Gasteiger partial charge in [0.2, 0.25) is 5.91 Å². The predicted octanol–water partition coefficient (Wildman–Crippen LogP) is 2.99. The molecule has 2 aromatic carbocycles. The SMILES string of the molecule is CC(C)C[C@]1(O)CCN(C(=O)Cn2ncc3ccccc3c2=O)C[C@@H]1Oc1ccc(F)cc1. The number of carbonyl (C=O) groups is 1. The third kappa shape index (κ3) is 5.06. The average Bonchev–Trinajstić information content (AvgIpc) is 2.78. The summed E-state index contributed by atoms with van der Waals surface area (Å²) in [5, 5.41) is 16.7. The van der Waals surface area contributed by atoms with E-state index in [1.165, 1.54) is 24.3 Å². The Morgan fingerprint density at radius 3 is 2.70 bits per heavy atom. The van der Waals surface area contributed by atoms with E-state index < -0.39 is 11.7 Å². The number of carbonyl (C=O) groups excluding carboxylic acids is 1. The molecule has 0 spiro atoms. The van der Waals surface area contributed by atoms with Crippen LogP contribution < -0.4 is 10.3 Å². The van der Waals surface area contributed by atoms with Crippen LogP contribution in [-0.2, 0) is 11.3 Å². The highest BCUT2D eigenvalue weighted by Crippen LogP contribution is 2.32. The van der Waals surface area contributed by atoms with Crippen molar-refractivity contribution in [1.82, 2.24) is 14.7 Å². The minimum absolute atomic E-state index is 0.155. The molecule has 8 heteroatoms. The van der Waals surface area contributed by atoms with Crippen molar-refractivity contribution in [2.75, 3.05) is 13.1 Å². The van der Waals surface area contributed by atoms with Crippen molar-refractivity contribution in [2.24, 2.45) is 5.92 Å². The van der Waals surface area contributed by atoms with Gasteiger partial charge in [-0.3, -0.25) is 9.59 Å². The minimum Gasteiger partial charge on any atom is -0.486 e. The standard InChI is InChI=1S/C25H28FN3O4/c1-17(2)13-25(32)11-12-28(15-22(25)33-20-9-7-19(26)8-10-20)23(30)16-29-24(31)21-6-4-3-5-18(21)14-27-29/h3-10,14,17,22,32H,11-13,15-16H2,1-2H3/t22-,25+/m0/s1. The van der Waals surface area contributed by atoms with E-state index in [2.05, 4.69) is 5.10 Å². The Hall–Kier alpha value is -3.26. The Morgan fingerprint density at radius 1 is 1.24 bits per heavy atom. The number of hydrogen-bond acceptors (Lipinski definition) is 5. The van der Waals surface area contributed by atoms with E-state index in [0.717, 1.165) is 10.1 Å². The molecular formula is C25H28FN3O4. The number of aromatic nitrogens is 2. The third-order valence-electron chi connectivity index (χ3n) is 6.05. The number of rotatable bonds is 6. The number of halogens is 1. The monoisotopic (exact) mass is 453 g/mol. The van der Waals surface area contributed by atoms with Gasteiger partial charge in [-0.15, -0.1) is 0 Å². The Morgan fingerprint density at radius 2 is 1.97 bits per heavy atom. The number of nitrogens with zero attached hydrogens (tertiary/aromatic N) is 3. The number of aliphatic hydroxyl groups is 1. The maximum Gasteiger partial charge on any atom is 0.275 e. The molecule has 1 aromatic heterocycles. The van der Waals surface area contributed by atoms with Gasteiger partial charge >= 0.3 is 0 Å². The third-order valence-corrected chi connectivity index (χ3v) is 6.05. The molecule has 7 nitrogen and oxygen atoms in total. The summed E-state index contributed by atoms with van der Waals surface area (Å²) in [4.78, 5) is 27.4. The zero-order valence-corrected chi connectivity index (χ0v) is 18.8. The lowest BCUT2D eigenvalue weighted by Gasteiger charge is -2.45. The van der Waals surface area contributed by atoms with Gasteiger partial charge < -0.3 is 14.7 Å². The van der Waals surface area contributed by atoms with Crippen LogP contribution >= 0.6 is 0 Å². The van der Waals surface area contributed by atoms with Crippen molar-refractivity contribution < 1.29 is 19.0 Å². The second kappa shape index (κ2) is 9.31. The van der Waals surface area contributed by atoms with E-state index in [9.17, 15) is 19.1 Å². The highest BCUT2D eigenvalue weighted by Gasteiger charge is 2.44. The molecule has 1 fully saturated rings. The van der Waals surface area contributed by atoms with Crippen LogP contribution in [0.4, 0.5) is 4.39 Å². The Balaban J connectivity index is 1.53. The quantitative estimate of drug-likeness (QED) is 0.620. The van der Waals surface area contributed by atoms with Gasteiger partial charge in [0.05, 0.1) is 18.1 Å². The van der Waals surface area contributed by atoms with Gasteiger partial charge in [0.1, 0.15) is 29.8 Å². The normalized spacial score (nSPS) is 20.9. The molecule has 0 saturated carbocycles. The summed E-state index contributed by atoms with van der Waals surface area (Å²) < 4.78 is 20.5. The molecule has 1 aliphatic rings. The molecule has 4 rings (SSSR count). The first-order valence-corrected chi connectivity index (χ1v) is 11.1. The maximum absolute atomic E-state index is 13.3. The first kappa shape index (κ1) is 22.9. The molecule has 2 atom stereocenters. The van der Waals surface area contributed by atoms with Crippen molar-refractivity contribution in [2.45, 2.75) is 44.9 Å². The number of ether oxygens (including phenoxy) is 1. The molecule has 3 aromatic rings. The van der Waals surface area contributed by atoms with Gasteiger partial charge in [-0.25, -0.2) is 9.07 Å². The van der Waals surface area contributed by atoms with Crippen LogP contribution in [0.15, 0.2) is 59.5 Å². The molecule has 33 heavy (non-hydrogen) atoms. The van der Waals surface area contributed by atoms with E-state index in [0.29, 0.717) is 30.5 Å². The highest BCUT2D eigenvalue weighted by atomic mass is 19.1. The van der Waals surface area contributed by atoms with E-state index in [1.807, 2.05) is 19.9 Å². The lowest BCUT2D eigenvalue weighted by Crippen LogP contribution is -2.60. The van der Waals surface area contributed by atoms with Crippen LogP contribution in [0.25, 0.3) is 10.8 Å². The Bertz CT molecular complexity index is 1190. The summed E-state index contributed by atoms with van der Waals surface area (Å²) in [6.45, 7) is 4.33. The molecule has 0 bridgehead atoms.